The first-order chi connectivity index (χ1) is 10.1. The standard InChI is InChI=1S/C14H11FN4O2/c1-21-14(20)13-17-5-4-12(19-13)18-8-10-3-2-9(7-16)6-11(10)15/h2-6H,8H2,1H3,(H,17,18,19). The van der Waals surface area contributed by atoms with Crippen LogP contribution in [0.5, 0.6) is 0 Å². The smallest absolute Gasteiger partial charge is 0.376 e. The van der Waals surface area contributed by atoms with Crippen LogP contribution in [0.4, 0.5) is 10.2 Å². The predicted molar refractivity (Wildman–Crippen MR) is 71.8 cm³/mol. The molecule has 2 aromatic rings. The van der Waals surface area contributed by atoms with Crippen molar-refractivity contribution in [3.05, 3.63) is 53.2 Å². The SMILES string of the molecule is COC(=O)c1nccc(NCc2ccc(C#N)cc2F)n1. The fourth-order valence-corrected chi connectivity index (χ4v) is 1.59. The summed E-state index contributed by atoms with van der Waals surface area (Å²) >= 11 is 0. The summed E-state index contributed by atoms with van der Waals surface area (Å²) in [6, 6.07) is 7.62. The van der Waals surface area contributed by atoms with Gasteiger partial charge in [-0.05, 0) is 18.2 Å². The number of hydrogen-bond acceptors (Lipinski definition) is 6. The number of anilines is 1. The number of rotatable bonds is 4. The normalized spacial score (nSPS) is 9.76. The topological polar surface area (TPSA) is 87.9 Å². The molecule has 0 amide bonds. The number of nitrogens with zero attached hydrogens (tertiary/aromatic N) is 3. The minimum absolute atomic E-state index is 0.0807. The highest BCUT2D eigenvalue weighted by molar-refractivity contribution is 5.85. The summed E-state index contributed by atoms with van der Waals surface area (Å²) in [6.45, 7) is 0.162. The molecule has 0 atom stereocenters. The quantitative estimate of drug-likeness (QED) is 0.863. The van der Waals surface area contributed by atoms with E-state index in [0.29, 0.717) is 11.4 Å². The van der Waals surface area contributed by atoms with E-state index in [2.05, 4.69) is 20.0 Å². The molecule has 0 aliphatic rings. The molecule has 1 heterocycles. The molecule has 0 fully saturated rings. The molecule has 0 aliphatic heterocycles. The molecule has 0 bridgehead atoms. The van der Waals surface area contributed by atoms with Gasteiger partial charge in [-0.1, -0.05) is 6.07 Å². The van der Waals surface area contributed by atoms with Gasteiger partial charge in [0.05, 0.1) is 18.7 Å². The van der Waals surface area contributed by atoms with Gasteiger partial charge in [-0.15, -0.1) is 0 Å². The summed E-state index contributed by atoms with van der Waals surface area (Å²) in [5.74, 6) is -0.844. The lowest BCUT2D eigenvalue weighted by atomic mass is 10.1. The largest absolute Gasteiger partial charge is 0.463 e. The molecule has 6 nitrogen and oxygen atoms in total. The molecular weight excluding hydrogens is 275 g/mol. The second kappa shape index (κ2) is 6.43. The highest BCUT2D eigenvalue weighted by atomic mass is 19.1. The first-order valence-electron chi connectivity index (χ1n) is 5.98. The number of aromatic nitrogens is 2. The molecule has 106 valence electrons. The van der Waals surface area contributed by atoms with Crippen LogP contribution in [0.1, 0.15) is 21.7 Å². The third kappa shape index (κ3) is 3.51. The molecular formula is C14H11FN4O2. The van der Waals surface area contributed by atoms with E-state index in [0.717, 1.165) is 6.07 Å². The zero-order valence-corrected chi connectivity index (χ0v) is 11.1. The molecule has 7 heteroatoms. The van der Waals surface area contributed by atoms with Crippen molar-refractivity contribution in [3.63, 3.8) is 0 Å². The average molecular weight is 286 g/mol. The van der Waals surface area contributed by atoms with Crippen LogP contribution in [0.25, 0.3) is 0 Å². The van der Waals surface area contributed by atoms with Crippen LogP contribution < -0.4 is 5.32 Å². The Morgan fingerprint density at radius 2 is 2.29 bits per heavy atom. The predicted octanol–water partition coefficient (Wildman–Crippen LogP) is 1.89. The molecule has 0 spiro atoms. The van der Waals surface area contributed by atoms with Crippen LogP contribution in [0.15, 0.2) is 30.5 Å². The van der Waals surface area contributed by atoms with Crippen molar-refractivity contribution < 1.29 is 13.9 Å². The Morgan fingerprint density at radius 1 is 1.48 bits per heavy atom. The first-order valence-corrected chi connectivity index (χ1v) is 5.98. The fourth-order valence-electron chi connectivity index (χ4n) is 1.59. The van der Waals surface area contributed by atoms with Crippen LogP contribution in [0.3, 0.4) is 0 Å². The van der Waals surface area contributed by atoms with E-state index in [1.54, 1.807) is 6.07 Å². The zero-order valence-electron chi connectivity index (χ0n) is 11.1. The summed E-state index contributed by atoms with van der Waals surface area (Å²) in [5, 5.41) is 11.6. The molecule has 21 heavy (non-hydrogen) atoms. The Hall–Kier alpha value is -3.01. The van der Waals surface area contributed by atoms with Gasteiger partial charge in [0.15, 0.2) is 0 Å². The number of esters is 1. The van der Waals surface area contributed by atoms with E-state index >= 15 is 0 Å². The van der Waals surface area contributed by atoms with Crippen molar-refractivity contribution in [3.8, 4) is 6.07 Å². The van der Waals surface area contributed by atoms with Crippen molar-refractivity contribution >= 4 is 11.8 Å². The number of nitrogens with one attached hydrogen (secondary N) is 1. The summed E-state index contributed by atoms with van der Waals surface area (Å²) in [4.78, 5) is 19.0. The Balaban J connectivity index is 2.10. The van der Waals surface area contributed by atoms with Crippen LogP contribution in [0.2, 0.25) is 0 Å². The van der Waals surface area contributed by atoms with E-state index in [-0.39, 0.29) is 17.9 Å². The molecule has 1 aromatic heterocycles. The number of nitriles is 1. The second-order valence-electron chi connectivity index (χ2n) is 4.03. The van der Waals surface area contributed by atoms with E-state index < -0.39 is 11.8 Å². The summed E-state index contributed by atoms with van der Waals surface area (Å²) in [7, 11) is 1.23. The molecule has 1 aromatic carbocycles. The van der Waals surface area contributed by atoms with Crippen molar-refractivity contribution in [1.29, 1.82) is 5.26 Å². The molecule has 0 saturated carbocycles. The molecule has 0 radical (unpaired) electrons. The van der Waals surface area contributed by atoms with Gasteiger partial charge in [-0.3, -0.25) is 0 Å². The van der Waals surface area contributed by atoms with E-state index in [4.69, 9.17) is 5.26 Å². The number of hydrogen-bond donors (Lipinski definition) is 1. The van der Waals surface area contributed by atoms with E-state index in [1.807, 2.05) is 6.07 Å². The van der Waals surface area contributed by atoms with Gasteiger partial charge >= 0.3 is 5.97 Å². The van der Waals surface area contributed by atoms with Gasteiger partial charge in [0.1, 0.15) is 11.6 Å². The first kappa shape index (κ1) is 14.4. The average Bonchev–Trinajstić information content (AvgIpc) is 2.53. The zero-order chi connectivity index (χ0) is 15.2. The summed E-state index contributed by atoms with van der Waals surface area (Å²) in [5.41, 5.74) is 0.637. The summed E-state index contributed by atoms with van der Waals surface area (Å²) < 4.78 is 18.2. The molecule has 0 unspecified atom stereocenters. The van der Waals surface area contributed by atoms with E-state index in [9.17, 15) is 9.18 Å². The Kier molecular flexibility index (Phi) is 4.41. The van der Waals surface area contributed by atoms with Gasteiger partial charge in [0.2, 0.25) is 5.82 Å². The van der Waals surface area contributed by atoms with Crippen LogP contribution in [0, 0.1) is 17.1 Å². The maximum atomic E-state index is 13.7. The lowest BCUT2D eigenvalue weighted by Crippen LogP contribution is -2.10. The minimum Gasteiger partial charge on any atom is -0.463 e. The van der Waals surface area contributed by atoms with Crippen LogP contribution >= 0.6 is 0 Å². The van der Waals surface area contributed by atoms with Crippen LogP contribution in [-0.2, 0) is 11.3 Å². The number of carbonyl (C=O) groups is 1. The third-order valence-corrected chi connectivity index (χ3v) is 2.67. The number of ether oxygens (including phenoxy) is 1. The highest BCUT2D eigenvalue weighted by Crippen LogP contribution is 2.12. The van der Waals surface area contributed by atoms with Gasteiger partial charge in [-0.25, -0.2) is 19.2 Å². The lowest BCUT2D eigenvalue weighted by Gasteiger charge is -2.07. The molecule has 0 saturated heterocycles. The Bertz CT molecular complexity index is 712. The molecule has 1 N–H and O–H groups in total. The highest BCUT2D eigenvalue weighted by Gasteiger charge is 2.10. The van der Waals surface area contributed by atoms with Crippen molar-refractivity contribution in [1.82, 2.24) is 9.97 Å². The van der Waals surface area contributed by atoms with Gasteiger partial charge < -0.3 is 10.1 Å². The number of benzene rings is 1. The fraction of sp³-hybridized carbons (Fsp3) is 0.143. The van der Waals surface area contributed by atoms with Gasteiger partial charge in [0.25, 0.3) is 0 Å². The van der Waals surface area contributed by atoms with Crippen molar-refractivity contribution in [2.24, 2.45) is 0 Å². The summed E-state index contributed by atoms with van der Waals surface area (Å²) in [6.07, 6.45) is 1.40. The second-order valence-corrected chi connectivity index (χ2v) is 4.03. The lowest BCUT2D eigenvalue weighted by molar-refractivity contribution is 0.0587. The molecule has 2 rings (SSSR count). The third-order valence-electron chi connectivity index (χ3n) is 2.67. The monoisotopic (exact) mass is 286 g/mol. The number of methoxy groups -OCH3 is 1. The number of halogens is 1. The van der Waals surface area contributed by atoms with E-state index in [1.165, 1.54) is 25.4 Å². The van der Waals surface area contributed by atoms with Gasteiger partial charge in [-0.2, -0.15) is 5.26 Å². The number of carbonyl (C=O) groups excluding carboxylic acids is 1. The van der Waals surface area contributed by atoms with Crippen LogP contribution in [-0.4, -0.2) is 23.0 Å². The Labute approximate surface area is 120 Å². The molecule has 0 aliphatic carbocycles. The van der Waals surface area contributed by atoms with Gasteiger partial charge in [0, 0.05) is 18.3 Å². The van der Waals surface area contributed by atoms with Crippen molar-refractivity contribution in [2.45, 2.75) is 6.54 Å². The maximum absolute atomic E-state index is 13.7. The Morgan fingerprint density at radius 3 is 2.95 bits per heavy atom. The van der Waals surface area contributed by atoms with Crippen molar-refractivity contribution in [2.75, 3.05) is 12.4 Å². The minimum atomic E-state index is -0.650. The maximum Gasteiger partial charge on any atom is 0.376 e.